The number of phenols is 1. The fraction of sp³-hybridized carbons (Fsp3) is 0.270. The van der Waals surface area contributed by atoms with Gasteiger partial charge in [0.15, 0.2) is 5.16 Å². The van der Waals surface area contributed by atoms with Gasteiger partial charge < -0.3 is 15.0 Å². The van der Waals surface area contributed by atoms with Crippen molar-refractivity contribution in [3.63, 3.8) is 0 Å². The first-order chi connectivity index (χ1) is 21.6. The van der Waals surface area contributed by atoms with Gasteiger partial charge in [-0.1, -0.05) is 121 Å². The van der Waals surface area contributed by atoms with Crippen LogP contribution in [0.4, 0.5) is 0 Å². The van der Waals surface area contributed by atoms with Crippen molar-refractivity contribution in [3.8, 4) is 5.75 Å². The summed E-state index contributed by atoms with van der Waals surface area (Å²) in [6.45, 7) is 3.48. The Kier molecular flexibility index (Phi) is 11.2. The Labute approximate surface area is 264 Å². The minimum atomic E-state index is -0.250. The Balaban J connectivity index is 1.31. The molecule has 0 spiro atoms. The number of aromatic nitrogens is 3. The van der Waals surface area contributed by atoms with Crippen molar-refractivity contribution in [2.75, 3.05) is 6.54 Å². The van der Waals surface area contributed by atoms with Crippen LogP contribution in [0.2, 0.25) is 0 Å². The summed E-state index contributed by atoms with van der Waals surface area (Å²) in [6.07, 6.45) is 4.46. The van der Waals surface area contributed by atoms with Crippen molar-refractivity contribution in [2.24, 2.45) is 0 Å². The van der Waals surface area contributed by atoms with Gasteiger partial charge in [0.2, 0.25) is 0 Å². The van der Waals surface area contributed by atoms with Gasteiger partial charge in [-0.25, -0.2) is 0 Å². The number of benzene rings is 4. The number of hydrogen-bond donors (Lipinski definition) is 2. The third kappa shape index (κ3) is 8.83. The molecular weight excluding hydrogens is 565 g/mol. The average molecular weight is 605 g/mol. The molecule has 0 fully saturated rings. The SMILES string of the molecule is Cc1cccc(CSc2nnc(C(CCCCNC(=O)c3ccccc3O)Cc3ccccc3)n2CCc2ccccc2)c1. The Morgan fingerprint density at radius 1 is 0.841 bits per heavy atom. The molecule has 0 saturated carbocycles. The highest BCUT2D eigenvalue weighted by Gasteiger charge is 2.22. The van der Waals surface area contributed by atoms with Crippen molar-refractivity contribution >= 4 is 17.7 Å². The summed E-state index contributed by atoms with van der Waals surface area (Å²) in [5.41, 5.74) is 5.41. The van der Waals surface area contributed by atoms with E-state index in [4.69, 9.17) is 10.2 Å². The monoisotopic (exact) mass is 604 g/mol. The first kappa shape index (κ1) is 31.1. The molecule has 4 aromatic carbocycles. The van der Waals surface area contributed by atoms with Gasteiger partial charge in [-0.05, 0) is 61.4 Å². The van der Waals surface area contributed by atoms with Gasteiger partial charge in [-0.3, -0.25) is 4.79 Å². The number of unbranched alkanes of at least 4 members (excludes halogenated alkanes) is 1. The van der Waals surface area contributed by atoms with E-state index in [0.717, 1.165) is 55.4 Å². The van der Waals surface area contributed by atoms with Crippen molar-refractivity contribution in [3.05, 3.63) is 143 Å². The van der Waals surface area contributed by atoms with E-state index < -0.39 is 0 Å². The van der Waals surface area contributed by atoms with Crippen LogP contribution in [0, 0.1) is 6.92 Å². The predicted octanol–water partition coefficient (Wildman–Crippen LogP) is 7.75. The lowest BCUT2D eigenvalue weighted by molar-refractivity contribution is 0.0950. The number of aryl methyl sites for hydroxylation is 2. The van der Waals surface area contributed by atoms with E-state index >= 15 is 0 Å². The lowest BCUT2D eigenvalue weighted by Crippen LogP contribution is -2.24. The number of para-hydroxylation sites is 1. The zero-order valence-corrected chi connectivity index (χ0v) is 26.0. The second kappa shape index (κ2) is 15.9. The van der Waals surface area contributed by atoms with E-state index in [9.17, 15) is 9.90 Å². The van der Waals surface area contributed by atoms with Crippen LogP contribution in [0.25, 0.3) is 0 Å². The molecule has 1 amide bonds. The van der Waals surface area contributed by atoms with Crippen LogP contribution in [0.1, 0.15) is 63.6 Å². The summed E-state index contributed by atoms with van der Waals surface area (Å²) in [6, 6.07) is 36.4. The number of rotatable bonds is 15. The van der Waals surface area contributed by atoms with Gasteiger partial charge in [-0.2, -0.15) is 0 Å². The molecule has 226 valence electrons. The fourth-order valence-corrected chi connectivity index (χ4v) is 6.37. The second-order valence-corrected chi connectivity index (χ2v) is 12.1. The minimum absolute atomic E-state index is 0.00108. The van der Waals surface area contributed by atoms with E-state index in [-0.39, 0.29) is 17.6 Å². The maximum Gasteiger partial charge on any atom is 0.255 e. The summed E-state index contributed by atoms with van der Waals surface area (Å²) < 4.78 is 2.33. The molecule has 5 aromatic rings. The van der Waals surface area contributed by atoms with E-state index in [1.165, 1.54) is 28.3 Å². The van der Waals surface area contributed by atoms with Crippen LogP contribution in [-0.4, -0.2) is 32.3 Å². The number of phenolic OH excluding ortho intramolecular Hbond substituents is 1. The third-order valence-electron chi connectivity index (χ3n) is 7.77. The Bertz CT molecular complexity index is 1620. The van der Waals surface area contributed by atoms with Gasteiger partial charge in [0, 0.05) is 24.8 Å². The first-order valence-electron chi connectivity index (χ1n) is 15.3. The zero-order chi connectivity index (χ0) is 30.6. The summed E-state index contributed by atoms with van der Waals surface area (Å²) in [7, 11) is 0. The number of carbonyl (C=O) groups excluding carboxylic acids is 1. The second-order valence-electron chi connectivity index (χ2n) is 11.2. The number of thioether (sulfide) groups is 1. The van der Waals surface area contributed by atoms with Crippen LogP contribution >= 0.6 is 11.8 Å². The van der Waals surface area contributed by atoms with Crippen LogP contribution in [-0.2, 0) is 25.1 Å². The van der Waals surface area contributed by atoms with Crippen LogP contribution in [0.3, 0.4) is 0 Å². The molecule has 0 saturated heterocycles. The van der Waals surface area contributed by atoms with Crippen molar-refractivity contribution < 1.29 is 9.90 Å². The lowest BCUT2D eigenvalue weighted by atomic mass is 9.93. The Hall–Kier alpha value is -4.36. The highest BCUT2D eigenvalue weighted by molar-refractivity contribution is 7.98. The highest BCUT2D eigenvalue weighted by atomic mass is 32.2. The largest absolute Gasteiger partial charge is 0.507 e. The van der Waals surface area contributed by atoms with E-state index in [1.54, 1.807) is 30.0 Å². The highest BCUT2D eigenvalue weighted by Crippen LogP contribution is 2.30. The number of aromatic hydroxyl groups is 1. The molecule has 1 aromatic heterocycles. The van der Waals surface area contributed by atoms with E-state index in [2.05, 4.69) is 95.7 Å². The van der Waals surface area contributed by atoms with Crippen LogP contribution in [0.15, 0.2) is 114 Å². The smallest absolute Gasteiger partial charge is 0.255 e. The first-order valence-corrected chi connectivity index (χ1v) is 16.3. The molecule has 7 heteroatoms. The van der Waals surface area contributed by atoms with Crippen molar-refractivity contribution in [1.29, 1.82) is 0 Å². The molecule has 5 rings (SSSR count). The van der Waals surface area contributed by atoms with E-state index in [0.29, 0.717) is 12.1 Å². The molecule has 0 aliphatic rings. The number of carbonyl (C=O) groups is 1. The van der Waals surface area contributed by atoms with Gasteiger partial charge in [0.05, 0.1) is 5.56 Å². The average Bonchev–Trinajstić information content (AvgIpc) is 3.45. The summed E-state index contributed by atoms with van der Waals surface area (Å²) in [5, 5.41) is 23.5. The standard InChI is InChI=1S/C37H40N4O2S/c1-28-13-12-18-31(25-28)27-44-37-40-39-35(41(37)24-22-29-14-4-2-5-15-29)32(26-30-16-6-3-7-17-30)19-10-11-23-38-36(43)33-20-8-9-21-34(33)42/h2-9,12-18,20-21,25,32,42H,10-11,19,22-24,26-27H2,1H3,(H,38,43). The molecule has 1 unspecified atom stereocenters. The number of amides is 1. The lowest BCUT2D eigenvalue weighted by Gasteiger charge is -2.19. The molecule has 0 bridgehead atoms. The Morgan fingerprint density at radius 3 is 2.30 bits per heavy atom. The maximum atomic E-state index is 12.5. The van der Waals surface area contributed by atoms with E-state index in [1.807, 2.05) is 6.07 Å². The third-order valence-corrected chi connectivity index (χ3v) is 8.80. The quantitative estimate of drug-likeness (QED) is 0.0943. The minimum Gasteiger partial charge on any atom is -0.507 e. The number of nitrogens with one attached hydrogen (secondary N) is 1. The van der Waals surface area contributed by atoms with Gasteiger partial charge in [-0.15, -0.1) is 10.2 Å². The predicted molar refractivity (Wildman–Crippen MR) is 178 cm³/mol. The van der Waals surface area contributed by atoms with Gasteiger partial charge >= 0.3 is 0 Å². The van der Waals surface area contributed by atoms with Gasteiger partial charge in [0.25, 0.3) is 5.91 Å². The Morgan fingerprint density at radius 2 is 1.55 bits per heavy atom. The molecule has 0 aliphatic carbocycles. The molecule has 1 atom stereocenters. The van der Waals surface area contributed by atoms with Crippen LogP contribution in [0.5, 0.6) is 5.75 Å². The molecule has 2 N–H and O–H groups in total. The number of nitrogens with zero attached hydrogens (tertiary/aromatic N) is 3. The fourth-order valence-electron chi connectivity index (χ4n) is 5.45. The molecule has 6 nitrogen and oxygen atoms in total. The topological polar surface area (TPSA) is 80.0 Å². The van der Waals surface area contributed by atoms with Crippen molar-refractivity contribution in [2.45, 2.75) is 62.4 Å². The van der Waals surface area contributed by atoms with Crippen LogP contribution < -0.4 is 5.32 Å². The normalized spacial score (nSPS) is 11.8. The van der Waals surface area contributed by atoms with Gasteiger partial charge in [0.1, 0.15) is 11.6 Å². The molecule has 1 heterocycles. The summed E-state index contributed by atoms with van der Waals surface area (Å²) >= 11 is 1.74. The number of hydrogen-bond acceptors (Lipinski definition) is 5. The maximum absolute atomic E-state index is 12.5. The summed E-state index contributed by atoms with van der Waals surface area (Å²) in [5.74, 6) is 1.79. The molecular formula is C37H40N4O2S. The van der Waals surface area contributed by atoms with Crippen molar-refractivity contribution in [1.82, 2.24) is 20.1 Å². The molecule has 0 radical (unpaired) electrons. The zero-order valence-electron chi connectivity index (χ0n) is 25.2. The molecule has 44 heavy (non-hydrogen) atoms. The molecule has 0 aliphatic heterocycles. The summed E-state index contributed by atoms with van der Waals surface area (Å²) in [4.78, 5) is 12.5.